The van der Waals surface area contributed by atoms with Crippen LogP contribution in [-0.4, -0.2) is 19.9 Å². The molecule has 9 heteroatoms. The first-order valence-corrected chi connectivity index (χ1v) is 10.2. The third-order valence-corrected chi connectivity index (χ3v) is 5.61. The van der Waals surface area contributed by atoms with E-state index in [0.29, 0.717) is 10.9 Å². The molecule has 0 atom stereocenters. The predicted molar refractivity (Wildman–Crippen MR) is 120 cm³/mol. The van der Waals surface area contributed by atoms with Crippen molar-refractivity contribution in [2.75, 3.05) is 5.32 Å². The largest absolute Gasteiger partial charge is 0.434 e. The summed E-state index contributed by atoms with van der Waals surface area (Å²) in [4.78, 5) is 23.8. The Balaban J connectivity index is 1.50. The van der Waals surface area contributed by atoms with Gasteiger partial charge in [-0.3, -0.25) is 10.1 Å². The molecule has 1 N–H and O–H groups in total. The number of fused-ring (bicyclic) bond motifs is 2. The van der Waals surface area contributed by atoms with Crippen LogP contribution in [0.5, 0.6) is 11.6 Å². The lowest BCUT2D eigenvalue weighted by Crippen LogP contribution is -2.03. The molecule has 31 heavy (non-hydrogen) atoms. The van der Waals surface area contributed by atoms with Gasteiger partial charge >= 0.3 is 11.6 Å². The number of hydrogen-bond donors (Lipinski definition) is 1. The van der Waals surface area contributed by atoms with Gasteiger partial charge in [-0.05, 0) is 47.5 Å². The van der Waals surface area contributed by atoms with Crippen molar-refractivity contribution in [3.63, 3.8) is 0 Å². The number of benzene rings is 3. The molecule has 0 saturated carbocycles. The average molecular weight is 429 g/mol. The minimum Gasteiger partial charge on any atom is -0.434 e. The van der Waals surface area contributed by atoms with Crippen molar-refractivity contribution in [2.45, 2.75) is 6.92 Å². The molecule has 0 bridgehead atoms. The molecule has 3 aromatic carbocycles. The lowest BCUT2D eigenvalue weighted by atomic mass is 10.1. The summed E-state index contributed by atoms with van der Waals surface area (Å²) in [6, 6.07) is 19.1. The molecule has 0 aliphatic heterocycles. The quantitative estimate of drug-likeness (QED) is 0.270. The molecule has 0 unspecified atom stereocenters. The second-order valence-electron chi connectivity index (χ2n) is 6.86. The van der Waals surface area contributed by atoms with Crippen LogP contribution >= 0.6 is 11.3 Å². The van der Waals surface area contributed by atoms with Gasteiger partial charge < -0.3 is 10.1 Å². The van der Waals surface area contributed by atoms with E-state index < -0.39 is 4.92 Å². The molecule has 0 aliphatic carbocycles. The van der Waals surface area contributed by atoms with Gasteiger partial charge in [0, 0.05) is 0 Å². The molecule has 0 radical (unpaired) electrons. The molecule has 0 amide bonds. The van der Waals surface area contributed by atoms with Crippen LogP contribution < -0.4 is 10.1 Å². The topological polar surface area (TPSA) is 103 Å². The van der Waals surface area contributed by atoms with Crippen molar-refractivity contribution >= 4 is 49.0 Å². The first-order valence-electron chi connectivity index (χ1n) is 9.37. The van der Waals surface area contributed by atoms with E-state index >= 15 is 0 Å². The Hall–Kier alpha value is -4.11. The summed E-state index contributed by atoms with van der Waals surface area (Å²) in [5, 5.41) is 17.3. The van der Waals surface area contributed by atoms with E-state index in [0.717, 1.165) is 26.6 Å². The number of rotatable bonds is 5. The Labute approximate surface area is 180 Å². The fourth-order valence-electron chi connectivity index (χ4n) is 3.22. The Morgan fingerprint density at radius 1 is 1.03 bits per heavy atom. The summed E-state index contributed by atoms with van der Waals surface area (Å²) in [5.74, 6) is 0.322. The van der Waals surface area contributed by atoms with Gasteiger partial charge in [-0.2, -0.15) is 4.98 Å². The number of anilines is 2. The number of nitro groups is 1. The van der Waals surface area contributed by atoms with Crippen LogP contribution in [0.3, 0.4) is 0 Å². The lowest BCUT2D eigenvalue weighted by molar-refractivity contribution is -0.385. The summed E-state index contributed by atoms with van der Waals surface area (Å²) in [6.07, 6.45) is 1.23. The van der Waals surface area contributed by atoms with E-state index in [-0.39, 0.29) is 17.4 Å². The highest BCUT2D eigenvalue weighted by molar-refractivity contribution is 7.22. The Morgan fingerprint density at radius 2 is 1.87 bits per heavy atom. The third kappa shape index (κ3) is 3.74. The van der Waals surface area contributed by atoms with Crippen LogP contribution in [0.4, 0.5) is 16.6 Å². The van der Waals surface area contributed by atoms with Gasteiger partial charge in [-0.1, -0.05) is 47.7 Å². The molecule has 2 aromatic heterocycles. The first kappa shape index (κ1) is 18.9. The van der Waals surface area contributed by atoms with E-state index in [9.17, 15) is 10.1 Å². The summed E-state index contributed by atoms with van der Waals surface area (Å²) in [7, 11) is 0. The maximum absolute atomic E-state index is 11.8. The van der Waals surface area contributed by atoms with Crippen molar-refractivity contribution in [2.24, 2.45) is 0 Å². The van der Waals surface area contributed by atoms with Gasteiger partial charge in [0.1, 0.15) is 12.1 Å². The Bertz CT molecular complexity index is 1450. The van der Waals surface area contributed by atoms with Gasteiger partial charge in [0.2, 0.25) is 5.82 Å². The highest BCUT2D eigenvalue weighted by Crippen LogP contribution is 2.37. The number of nitrogens with zero attached hydrogens (tertiary/aromatic N) is 4. The van der Waals surface area contributed by atoms with Gasteiger partial charge in [0.05, 0.1) is 15.1 Å². The van der Waals surface area contributed by atoms with Gasteiger partial charge in [-0.15, -0.1) is 0 Å². The molecule has 5 rings (SSSR count). The van der Waals surface area contributed by atoms with Gasteiger partial charge in [0.25, 0.3) is 0 Å². The van der Waals surface area contributed by atoms with Crippen molar-refractivity contribution < 1.29 is 9.66 Å². The summed E-state index contributed by atoms with van der Waals surface area (Å²) >= 11 is 1.39. The number of nitrogens with one attached hydrogen (secondary N) is 1. The fourth-order valence-corrected chi connectivity index (χ4v) is 4.19. The minimum atomic E-state index is -0.559. The Morgan fingerprint density at radius 3 is 2.71 bits per heavy atom. The second-order valence-corrected chi connectivity index (χ2v) is 7.89. The van der Waals surface area contributed by atoms with Crippen LogP contribution in [-0.2, 0) is 0 Å². The van der Waals surface area contributed by atoms with E-state index in [2.05, 4.69) is 20.3 Å². The van der Waals surface area contributed by atoms with Crippen LogP contribution in [0.15, 0.2) is 67.0 Å². The van der Waals surface area contributed by atoms with E-state index in [1.807, 2.05) is 61.5 Å². The molecule has 5 aromatic rings. The zero-order valence-corrected chi connectivity index (χ0v) is 17.1. The van der Waals surface area contributed by atoms with Crippen LogP contribution in [0, 0.1) is 17.0 Å². The first-order chi connectivity index (χ1) is 15.1. The number of aryl methyl sites for hydroxylation is 1. The third-order valence-electron chi connectivity index (χ3n) is 4.68. The fraction of sp³-hybridized carbons (Fsp3) is 0.0455. The molecular weight excluding hydrogens is 414 g/mol. The monoisotopic (exact) mass is 429 g/mol. The summed E-state index contributed by atoms with van der Waals surface area (Å²) < 4.78 is 6.76. The van der Waals surface area contributed by atoms with Crippen molar-refractivity contribution in [3.8, 4) is 11.6 Å². The second kappa shape index (κ2) is 7.62. The predicted octanol–water partition coefficient (Wildman–Crippen LogP) is 5.99. The average Bonchev–Trinajstić information content (AvgIpc) is 3.15. The number of hydrogen-bond acceptors (Lipinski definition) is 8. The maximum atomic E-state index is 11.8. The summed E-state index contributed by atoms with van der Waals surface area (Å²) in [5.41, 5.74) is 1.57. The number of thiazole rings is 1. The lowest BCUT2D eigenvalue weighted by Gasteiger charge is -2.08. The van der Waals surface area contributed by atoms with Gasteiger partial charge in [0.15, 0.2) is 5.13 Å². The molecular formula is C22H15N5O3S. The van der Waals surface area contributed by atoms with Crippen LogP contribution in [0.25, 0.3) is 21.0 Å². The molecule has 0 aliphatic rings. The smallest absolute Gasteiger partial charge is 0.373 e. The maximum Gasteiger partial charge on any atom is 0.373 e. The van der Waals surface area contributed by atoms with Crippen LogP contribution in [0.2, 0.25) is 0 Å². The zero-order valence-electron chi connectivity index (χ0n) is 16.3. The van der Waals surface area contributed by atoms with E-state index in [1.54, 1.807) is 6.07 Å². The van der Waals surface area contributed by atoms with Crippen molar-refractivity contribution in [1.82, 2.24) is 15.0 Å². The van der Waals surface area contributed by atoms with E-state index in [1.165, 1.54) is 17.7 Å². The molecule has 152 valence electrons. The summed E-state index contributed by atoms with van der Waals surface area (Å²) in [6.45, 7) is 2.00. The highest BCUT2D eigenvalue weighted by atomic mass is 32.1. The minimum absolute atomic E-state index is 0.0200. The number of aromatic nitrogens is 3. The van der Waals surface area contributed by atoms with Crippen molar-refractivity contribution in [3.05, 3.63) is 82.7 Å². The van der Waals surface area contributed by atoms with E-state index in [4.69, 9.17) is 4.74 Å². The van der Waals surface area contributed by atoms with Crippen LogP contribution in [0.1, 0.15) is 5.56 Å². The zero-order chi connectivity index (χ0) is 21.4. The SMILES string of the molecule is Cc1ccc2nc(Nc3ncnc(Oc4ccc5ccccc5c4)c3[N+](=O)[O-])sc2c1. The standard InChI is InChI=1S/C22H15N5O3S/c1-13-6-9-17-18(10-13)31-22(25-17)26-20-19(27(28)29)21(24-12-23-20)30-16-8-7-14-4-2-3-5-15(14)11-16/h2-12H,1H3,(H,23,24,25,26). The number of ether oxygens (including phenoxy) is 1. The molecule has 0 fully saturated rings. The molecule has 0 saturated heterocycles. The molecule has 2 heterocycles. The molecule has 8 nitrogen and oxygen atoms in total. The normalized spacial score (nSPS) is 11.0. The Kier molecular flexibility index (Phi) is 4.64. The highest BCUT2D eigenvalue weighted by Gasteiger charge is 2.26. The van der Waals surface area contributed by atoms with Crippen molar-refractivity contribution in [1.29, 1.82) is 0 Å². The molecule has 0 spiro atoms. The van der Waals surface area contributed by atoms with Gasteiger partial charge in [-0.25, -0.2) is 9.97 Å².